The third kappa shape index (κ3) is 6.22. The number of alkyl halides is 3. The third-order valence-corrected chi connectivity index (χ3v) is 5.53. The molecule has 158 valence electrons. The van der Waals surface area contributed by atoms with E-state index in [1.54, 1.807) is 0 Å². The standard InChI is InChI=1S/C20H23F3N2O3S/c1-4-18(15-7-5-14(2)6-8-15)24-19(26)13-25(29(3,27)28)17-11-9-16(10-12-17)20(21,22)23/h5-12,18H,4,13H2,1-3H3,(H,24,26)/t18-/m1/s1. The minimum absolute atomic E-state index is 0.0148. The number of benzene rings is 2. The average Bonchev–Trinajstić information content (AvgIpc) is 2.63. The number of halogens is 3. The molecule has 1 amide bonds. The molecular weight excluding hydrogens is 405 g/mol. The first kappa shape index (κ1) is 22.7. The Morgan fingerprint density at radius 1 is 1.07 bits per heavy atom. The first-order chi connectivity index (χ1) is 13.4. The van der Waals surface area contributed by atoms with Crippen molar-refractivity contribution in [1.29, 1.82) is 0 Å². The quantitative estimate of drug-likeness (QED) is 0.724. The van der Waals surface area contributed by atoms with E-state index in [-0.39, 0.29) is 11.7 Å². The topological polar surface area (TPSA) is 66.5 Å². The van der Waals surface area contributed by atoms with Crippen molar-refractivity contribution < 1.29 is 26.4 Å². The second-order valence-electron chi connectivity index (χ2n) is 6.75. The summed E-state index contributed by atoms with van der Waals surface area (Å²) >= 11 is 0. The number of hydrogen-bond acceptors (Lipinski definition) is 3. The van der Waals surface area contributed by atoms with Gasteiger partial charge in [-0.15, -0.1) is 0 Å². The molecule has 0 saturated carbocycles. The number of carbonyl (C=O) groups excluding carboxylic acids is 1. The lowest BCUT2D eigenvalue weighted by Gasteiger charge is -2.24. The van der Waals surface area contributed by atoms with E-state index >= 15 is 0 Å². The van der Waals surface area contributed by atoms with Crippen LogP contribution in [0.3, 0.4) is 0 Å². The Morgan fingerprint density at radius 2 is 1.62 bits per heavy atom. The van der Waals surface area contributed by atoms with Crippen LogP contribution in [-0.2, 0) is 21.0 Å². The van der Waals surface area contributed by atoms with E-state index in [9.17, 15) is 26.4 Å². The largest absolute Gasteiger partial charge is 0.416 e. The van der Waals surface area contributed by atoms with Gasteiger partial charge in [0, 0.05) is 0 Å². The molecule has 0 saturated heterocycles. The summed E-state index contributed by atoms with van der Waals surface area (Å²) in [6.45, 7) is 3.29. The SMILES string of the molecule is CC[C@@H](NC(=O)CN(c1ccc(C(F)(F)F)cc1)S(C)(=O)=O)c1ccc(C)cc1. The van der Waals surface area contributed by atoms with Gasteiger partial charge in [-0.2, -0.15) is 13.2 Å². The van der Waals surface area contributed by atoms with Crippen molar-refractivity contribution in [2.24, 2.45) is 0 Å². The fraction of sp³-hybridized carbons (Fsp3) is 0.350. The van der Waals surface area contributed by atoms with Crippen LogP contribution in [0, 0.1) is 6.92 Å². The maximum absolute atomic E-state index is 12.7. The Kier molecular flexibility index (Phi) is 6.94. The number of nitrogens with zero attached hydrogens (tertiary/aromatic N) is 1. The third-order valence-electron chi connectivity index (χ3n) is 4.39. The molecule has 2 rings (SSSR count). The predicted octanol–water partition coefficient (Wildman–Crippen LogP) is 4.05. The monoisotopic (exact) mass is 428 g/mol. The Balaban J connectivity index is 2.19. The van der Waals surface area contributed by atoms with Gasteiger partial charge in [-0.3, -0.25) is 9.10 Å². The van der Waals surface area contributed by atoms with Crippen molar-refractivity contribution in [3.63, 3.8) is 0 Å². The molecule has 0 aliphatic carbocycles. The second kappa shape index (κ2) is 8.86. The molecule has 5 nitrogen and oxygen atoms in total. The summed E-state index contributed by atoms with van der Waals surface area (Å²) in [4.78, 5) is 12.5. The highest BCUT2D eigenvalue weighted by Crippen LogP contribution is 2.31. The molecule has 1 N–H and O–H groups in total. The molecule has 0 radical (unpaired) electrons. The number of anilines is 1. The minimum atomic E-state index is -4.53. The lowest BCUT2D eigenvalue weighted by molar-refractivity contribution is -0.137. The number of carbonyl (C=O) groups is 1. The van der Waals surface area contributed by atoms with Crippen molar-refractivity contribution in [2.75, 3.05) is 17.1 Å². The van der Waals surface area contributed by atoms with Crippen LogP contribution in [0.1, 0.15) is 36.1 Å². The van der Waals surface area contributed by atoms with Crippen molar-refractivity contribution >= 4 is 21.6 Å². The van der Waals surface area contributed by atoms with Crippen LogP contribution < -0.4 is 9.62 Å². The van der Waals surface area contributed by atoms with Crippen molar-refractivity contribution in [3.8, 4) is 0 Å². The van der Waals surface area contributed by atoms with Crippen molar-refractivity contribution in [1.82, 2.24) is 5.32 Å². The van der Waals surface area contributed by atoms with Crippen LogP contribution in [0.2, 0.25) is 0 Å². The van der Waals surface area contributed by atoms with Gasteiger partial charge in [-0.05, 0) is 43.2 Å². The van der Waals surface area contributed by atoms with Gasteiger partial charge in [0.1, 0.15) is 6.54 Å². The van der Waals surface area contributed by atoms with Crippen LogP contribution in [0.15, 0.2) is 48.5 Å². The van der Waals surface area contributed by atoms with Crippen LogP contribution >= 0.6 is 0 Å². The van der Waals surface area contributed by atoms with Gasteiger partial charge in [0.05, 0.1) is 23.5 Å². The van der Waals surface area contributed by atoms with Gasteiger partial charge < -0.3 is 5.32 Å². The molecule has 9 heteroatoms. The summed E-state index contributed by atoms with van der Waals surface area (Å²) in [5.41, 5.74) is 1.04. The fourth-order valence-corrected chi connectivity index (χ4v) is 3.66. The highest BCUT2D eigenvalue weighted by molar-refractivity contribution is 7.92. The van der Waals surface area contributed by atoms with Gasteiger partial charge in [0.25, 0.3) is 0 Å². The molecular formula is C20H23F3N2O3S. The van der Waals surface area contributed by atoms with E-state index in [0.717, 1.165) is 46.0 Å². The summed E-state index contributed by atoms with van der Waals surface area (Å²) < 4.78 is 63.3. The lowest BCUT2D eigenvalue weighted by Crippen LogP contribution is -2.41. The molecule has 2 aromatic rings. The summed E-state index contributed by atoms with van der Waals surface area (Å²) in [6.07, 6.45) is -3.04. The van der Waals surface area contributed by atoms with E-state index in [0.29, 0.717) is 6.42 Å². The normalized spacial score (nSPS) is 13.0. The Bertz CT molecular complexity index is 940. The zero-order valence-electron chi connectivity index (χ0n) is 16.3. The first-order valence-corrected chi connectivity index (χ1v) is 10.8. The molecule has 0 aliphatic rings. The first-order valence-electron chi connectivity index (χ1n) is 8.92. The molecule has 0 spiro atoms. The molecule has 29 heavy (non-hydrogen) atoms. The van der Waals surface area contributed by atoms with E-state index in [4.69, 9.17) is 0 Å². The zero-order valence-corrected chi connectivity index (χ0v) is 17.1. The van der Waals surface area contributed by atoms with E-state index < -0.39 is 34.2 Å². The van der Waals surface area contributed by atoms with Gasteiger partial charge in [0.15, 0.2) is 0 Å². The van der Waals surface area contributed by atoms with Gasteiger partial charge in [-0.1, -0.05) is 36.8 Å². The number of sulfonamides is 1. The summed E-state index contributed by atoms with van der Waals surface area (Å²) in [6, 6.07) is 10.9. The predicted molar refractivity (Wildman–Crippen MR) is 106 cm³/mol. The Morgan fingerprint density at radius 3 is 2.07 bits per heavy atom. The van der Waals surface area contributed by atoms with Crippen LogP contribution in [0.4, 0.5) is 18.9 Å². The summed E-state index contributed by atoms with van der Waals surface area (Å²) in [7, 11) is -3.88. The van der Waals surface area contributed by atoms with Crippen LogP contribution in [-0.4, -0.2) is 27.1 Å². The van der Waals surface area contributed by atoms with Crippen LogP contribution in [0.25, 0.3) is 0 Å². The molecule has 0 aliphatic heterocycles. The molecule has 0 aromatic heterocycles. The summed E-state index contributed by atoms with van der Waals surface area (Å²) in [5, 5.41) is 2.79. The highest BCUT2D eigenvalue weighted by Gasteiger charge is 2.31. The van der Waals surface area contributed by atoms with E-state index in [1.165, 1.54) is 0 Å². The van der Waals surface area contributed by atoms with Crippen molar-refractivity contribution in [3.05, 3.63) is 65.2 Å². The number of rotatable bonds is 7. The average molecular weight is 428 g/mol. The zero-order chi connectivity index (χ0) is 21.8. The molecule has 0 fully saturated rings. The lowest BCUT2D eigenvalue weighted by atomic mass is 10.0. The molecule has 1 atom stereocenters. The highest BCUT2D eigenvalue weighted by atomic mass is 32.2. The molecule has 2 aromatic carbocycles. The Hall–Kier alpha value is -2.55. The molecule has 0 bridgehead atoms. The van der Waals surface area contributed by atoms with Gasteiger partial charge in [-0.25, -0.2) is 8.42 Å². The molecule has 0 unspecified atom stereocenters. The Labute approximate surface area is 168 Å². The number of hydrogen-bond donors (Lipinski definition) is 1. The maximum atomic E-state index is 12.7. The minimum Gasteiger partial charge on any atom is -0.348 e. The number of aryl methyl sites for hydroxylation is 1. The van der Waals surface area contributed by atoms with Gasteiger partial charge in [0.2, 0.25) is 15.9 Å². The van der Waals surface area contributed by atoms with Crippen molar-refractivity contribution in [2.45, 2.75) is 32.5 Å². The van der Waals surface area contributed by atoms with E-state index in [1.807, 2.05) is 38.1 Å². The smallest absolute Gasteiger partial charge is 0.348 e. The van der Waals surface area contributed by atoms with Crippen LogP contribution in [0.5, 0.6) is 0 Å². The molecule has 0 heterocycles. The number of nitrogens with one attached hydrogen (secondary N) is 1. The fourth-order valence-electron chi connectivity index (χ4n) is 2.81. The summed E-state index contributed by atoms with van der Waals surface area (Å²) in [5.74, 6) is -0.553. The number of amides is 1. The second-order valence-corrected chi connectivity index (χ2v) is 8.66. The van der Waals surface area contributed by atoms with E-state index in [2.05, 4.69) is 5.32 Å². The maximum Gasteiger partial charge on any atom is 0.416 e. The van der Waals surface area contributed by atoms with Gasteiger partial charge >= 0.3 is 6.18 Å².